The molecule has 18 heavy (non-hydrogen) atoms. The number of ketones is 1. The second-order valence-electron chi connectivity index (χ2n) is 4.76. The molecule has 0 aromatic heterocycles. The van der Waals surface area contributed by atoms with Gasteiger partial charge in [0.05, 0.1) is 13.1 Å². The Morgan fingerprint density at radius 3 is 2.06 bits per heavy atom. The van der Waals surface area contributed by atoms with E-state index in [4.69, 9.17) is 5.11 Å². The summed E-state index contributed by atoms with van der Waals surface area (Å²) in [7, 11) is 1.63. The highest BCUT2D eigenvalue weighted by atomic mass is 16.4. The quantitative estimate of drug-likeness (QED) is 0.809. The van der Waals surface area contributed by atoms with E-state index in [-0.39, 0.29) is 18.9 Å². The molecule has 0 spiro atoms. The minimum absolute atomic E-state index is 0.0336. The largest absolute Gasteiger partial charge is 0.480 e. The van der Waals surface area contributed by atoms with E-state index in [0.29, 0.717) is 5.56 Å². The maximum absolute atomic E-state index is 12.2. The SMILES string of the molecule is Cc1cc(C)c(C(=O)CN(C)CC(=O)O)c(C)c1. The van der Waals surface area contributed by atoms with Gasteiger partial charge in [-0.3, -0.25) is 14.5 Å². The molecule has 0 fully saturated rings. The Bertz CT molecular complexity index is 457. The molecule has 0 atom stereocenters. The van der Waals surface area contributed by atoms with Crippen LogP contribution in [0.1, 0.15) is 27.0 Å². The lowest BCUT2D eigenvalue weighted by molar-refractivity contribution is -0.137. The van der Waals surface area contributed by atoms with Crippen molar-refractivity contribution in [2.45, 2.75) is 20.8 Å². The number of hydrogen-bond acceptors (Lipinski definition) is 3. The van der Waals surface area contributed by atoms with Crippen LogP contribution in [0.25, 0.3) is 0 Å². The summed E-state index contributed by atoms with van der Waals surface area (Å²) in [5.41, 5.74) is 3.72. The van der Waals surface area contributed by atoms with Gasteiger partial charge in [-0.1, -0.05) is 17.7 Å². The molecule has 0 radical (unpaired) electrons. The normalized spacial score (nSPS) is 10.7. The lowest BCUT2D eigenvalue weighted by Gasteiger charge is -2.15. The van der Waals surface area contributed by atoms with Crippen molar-refractivity contribution in [2.24, 2.45) is 0 Å². The number of nitrogens with zero attached hydrogens (tertiary/aromatic N) is 1. The lowest BCUT2D eigenvalue weighted by atomic mass is 9.96. The minimum atomic E-state index is -0.928. The first kappa shape index (κ1) is 14.4. The maximum Gasteiger partial charge on any atom is 0.317 e. The third-order valence-electron chi connectivity index (χ3n) is 2.77. The molecular weight excluding hydrogens is 230 g/mol. The van der Waals surface area contributed by atoms with Crippen LogP contribution < -0.4 is 0 Å². The smallest absolute Gasteiger partial charge is 0.317 e. The molecule has 0 unspecified atom stereocenters. The number of likely N-dealkylation sites (N-methyl/N-ethyl adjacent to an activating group) is 1. The van der Waals surface area contributed by atoms with E-state index in [1.54, 1.807) is 7.05 Å². The van der Waals surface area contributed by atoms with Gasteiger partial charge >= 0.3 is 5.97 Å². The van der Waals surface area contributed by atoms with Crippen LogP contribution in [0.3, 0.4) is 0 Å². The van der Waals surface area contributed by atoms with Crippen LogP contribution in [0.2, 0.25) is 0 Å². The number of carboxylic acids is 1. The van der Waals surface area contributed by atoms with Gasteiger partial charge in [0, 0.05) is 5.56 Å². The predicted molar refractivity (Wildman–Crippen MR) is 70.1 cm³/mol. The molecule has 0 amide bonds. The molecule has 1 rings (SSSR count). The second kappa shape index (κ2) is 5.78. The van der Waals surface area contributed by atoms with Crippen molar-refractivity contribution < 1.29 is 14.7 Å². The Labute approximate surface area is 107 Å². The highest BCUT2D eigenvalue weighted by Gasteiger charge is 2.15. The number of rotatable bonds is 5. The number of aryl methyl sites for hydroxylation is 3. The van der Waals surface area contributed by atoms with Crippen molar-refractivity contribution in [1.29, 1.82) is 0 Å². The van der Waals surface area contributed by atoms with Crippen molar-refractivity contribution >= 4 is 11.8 Å². The third kappa shape index (κ3) is 3.67. The number of carbonyl (C=O) groups is 2. The van der Waals surface area contributed by atoms with Crippen LogP contribution in [0, 0.1) is 20.8 Å². The predicted octanol–water partition coefficient (Wildman–Crippen LogP) is 1.81. The molecule has 4 nitrogen and oxygen atoms in total. The Morgan fingerprint density at radius 2 is 1.61 bits per heavy atom. The Morgan fingerprint density at radius 1 is 1.11 bits per heavy atom. The highest BCUT2D eigenvalue weighted by Crippen LogP contribution is 2.17. The first-order valence-electron chi connectivity index (χ1n) is 5.82. The van der Waals surface area contributed by atoms with Crippen LogP contribution in [-0.2, 0) is 4.79 Å². The van der Waals surface area contributed by atoms with Crippen molar-refractivity contribution in [1.82, 2.24) is 4.90 Å². The molecule has 0 aliphatic heterocycles. The Kier molecular flexibility index (Phi) is 4.62. The summed E-state index contributed by atoms with van der Waals surface area (Å²) in [6.07, 6.45) is 0. The summed E-state index contributed by atoms with van der Waals surface area (Å²) in [5.74, 6) is -0.962. The van der Waals surface area contributed by atoms with Gasteiger partial charge in [0.2, 0.25) is 0 Å². The van der Waals surface area contributed by atoms with E-state index in [9.17, 15) is 9.59 Å². The van der Waals surface area contributed by atoms with Crippen LogP contribution in [0.5, 0.6) is 0 Å². The molecule has 1 aromatic rings. The van der Waals surface area contributed by atoms with Gasteiger partial charge in [0.15, 0.2) is 5.78 Å². The van der Waals surface area contributed by atoms with Crippen molar-refractivity contribution in [3.63, 3.8) is 0 Å². The van der Waals surface area contributed by atoms with Crippen LogP contribution >= 0.6 is 0 Å². The molecule has 98 valence electrons. The van der Waals surface area contributed by atoms with Gasteiger partial charge in [-0.25, -0.2) is 0 Å². The zero-order valence-electron chi connectivity index (χ0n) is 11.3. The van der Waals surface area contributed by atoms with Gasteiger partial charge in [0.25, 0.3) is 0 Å². The van der Waals surface area contributed by atoms with Crippen LogP contribution in [-0.4, -0.2) is 41.9 Å². The van der Waals surface area contributed by atoms with E-state index < -0.39 is 5.97 Å². The van der Waals surface area contributed by atoms with Gasteiger partial charge in [-0.2, -0.15) is 0 Å². The van der Waals surface area contributed by atoms with E-state index in [2.05, 4.69) is 0 Å². The molecule has 0 saturated carbocycles. The number of carbonyl (C=O) groups excluding carboxylic acids is 1. The molecular formula is C14H19NO3. The Hall–Kier alpha value is -1.68. The van der Waals surface area contributed by atoms with E-state index in [1.807, 2.05) is 32.9 Å². The zero-order chi connectivity index (χ0) is 13.9. The van der Waals surface area contributed by atoms with Crippen molar-refractivity contribution in [2.75, 3.05) is 20.1 Å². The molecule has 0 saturated heterocycles. The van der Waals surface area contributed by atoms with Crippen molar-refractivity contribution in [3.8, 4) is 0 Å². The molecule has 0 aliphatic carbocycles. The highest BCUT2D eigenvalue weighted by molar-refractivity contribution is 6.00. The van der Waals surface area contributed by atoms with E-state index in [1.165, 1.54) is 4.90 Å². The fourth-order valence-electron chi connectivity index (χ4n) is 2.23. The summed E-state index contributed by atoms with van der Waals surface area (Å²) >= 11 is 0. The number of benzene rings is 1. The lowest BCUT2D eigenvalue weighted by Crippen LogP contribution is -2.31. The molecule has 0 heterocycles. The third-order valence-corrected chi connectivity index (χ3v) is 2.77. The maximum atomic E-state index is 12.2. The average molecular weight is 249 g/mol. The Balaban J connectivity index is 2.88. The zero-order valence-corrected chi connectivity index (χ0v) is 11.3. The summed E-state index contributed by atoms with van der Waals surface area (Å²) in [6, 6.07) is 3.94. The molecule has 1 aromatic carbocycles. The minimum Gasteiger partial charge on any atom is -0.480 e. The number of aliphatic carboxylic acids is 1. The van der Waals surface area contributed by atoms with Crippen LogP contribution in [0.4, 0.5) is 0 Å². The summed E-state index contributed by atoms with van der Waals surface area (Å²) in [6.45, 7) is 5.80. The average Bonchev–Trinajstić information content (AvgIpc) is 2.12. The van der Waals surface area contributed by atoms with Gasteiger partial charge in [-0.05, 0) is 38.9 Å². The molecule has 0 aliphatic rings. The fourth-order valence-corrected chi connectivity index (χ4v) is 2.23. The summed E-state index contributed by atoms with van der Waals surface area (Å²) in [5, 5.41) is 8.66. The molecule has 1 N–H and O–H groups in total. The standard InChI is InChI=1S/C14H19NO3/c1-9-5-10(2)14(11(3)6-9)12(16)7-15(4)8-13(17)18/h5-6H,7-8H2,1-4H3,(H,17,18). The summed E-state index contributed by atoms with van der Waals surface area (Å²) < 4.78 is 0. The second-order valence-corrected chi connectivity index (χ2v) is 4.76. The summed E-state index contributed by atoms with van der Waals surface area (Å²) in [4.78, 5) is 24.2. The molecule has 0 bridgehead atoms. The van der Waals surface area contributed by atoms with Crippen molar-refractivity contribution in [3.05, 3.63) is 34.4 Å². The fraction of sp³-hybridized carbons (Fsp3) is 0.429. The first-order valence-corrected chi connectivity index (χ1v) is 5.82. The number of carboxylic acid groups (broad SMARTS) is 1. The molecule has 4 heteroatoms. The van der Waals surface area contributed by atoms with Gasteiger partial charge in [-0.15, -0.1) is 0 Å². The number of Topliss-reactive ketones (excluding diaryl/α,β-unsaturated/α-hetero) is 1. The van der Waals surface area contributed by atoms with E-state index >= 15 is 0 Å². The topological polar surface area (TPSA) is 57.6 Å². The monoisotopic (exact) mass is 249 g/mol. The van der Waals surface area contributed by atoms with Crippen LogP contribution in [0.15, 0.2) is 12.1 Å². The van der Waals surface area contributed by atoms with Gasteiger partial charge in [0.1, 0.15) is 0 Å². The first-order chi connectivity index (χ1) is 8.31. The van der Waals surface area contributed by atoms with Gasteiger partial charge < -0.3 is 5.11 Å². The van der Waals surface area contributed by atoms with E-state index in [0.717, 1.165) is 16.7 Å². The number of hydrogen-bond donors (Lipinski definition) is 1.